The van der Waals surface area contributed by atoms with Crippen molar-refractivity contribution < 1.29 is 1.37 Å². The van der Waals surface area contributed by atoms with Crippen LogP contribution in [0.1, 0.15) is 6.93 Å². The van der Waals surface area contributed by atoms with E-state index in [2.05, 4.69) is 6.58 Å². The molecule has 0 saturated heterocycles. The summed E-state index contributed by atoms with van der Waals surface area (Å²) in [6.45, 7) is 3.60. The molecule has 40 valence electrons. The Kier molecular flexibility index (Phi) is 1.13. The van der Waals surface area contributed by atoms with Crippen LogP contribution in [0.3, 0.4) is 0 Å². The summed E-state index contributed by atoms with van der Waals surface area (Å²) in [4.78, 5) is 0. The van der Waals surface area contributed by atoms with Crippen molar-refractivity contribution in [3.05, 3.63) is 42.5 Å². The molecule has 8 heavy (non-hydrogen) atoms. The summed E-state index contributed by atoms with van der Waals surface area (Å²) in [5, 5.41) is 0. The van der Waals surface area contributed by atoms with E-state index >= 15 is 0 Å². The van der Waals surface area contributed by atoms with Gasteiger partial charge in [-0.25, -0.2) is 0 Å². The monoisotopic (exact) mass is 105 g/mol. The van der Waals surface area contributed by atoms with Crippen molar-refractivity contribution in [1.29, 1.82) is 0 Å². The molecule has 0 aromatic heterocycles. The largest absolute Gasteiger partial charge is 0.0985 e. The topological polar surface area (TPSA) is 0 Å². The van der Waals surface area contributed by atoms with Crippen LogP contribution in [0, 0.1) is 0 Å². The van der Waals surface area contributed by atoms with Crippen molar-refractivity contribution in [2.45, 2.75) is 0 Å². The Morgan fingerprint density at radius 3 is 2.62 bits per heavy atom. The van der Waals surface area contributed by atoms with Gasteiger partial charge in [-0.15, -0.1) is 0 Å². The molecule has 0 aliphatic heterocycles. The van der Waals surface area contributed by atoms with Crippen LogP contribution in [0.5, 0.6) is 0 Å². The quantitative estimate of drug-likeness (QED) is 0.514. The van der Waals surface area contributed by atoms with Crippen LogP contribution in [-0.2, 0) is 0 Å². The summed E-state index contributed by atoms with van der Waals surface area (Å²) >= 11 is 0. The Balaban J connectivity index is 3.01. The molecule has 0 nitrogen and oxygen atoms in total. The highest BCUT2D eigenvalue weighted by atomic mass is 13.8. The standard InChI is InChI=1S/C8H8/c1-2-8-6-4-3-5-7-8/h2-7H,1H2/i3D. The lowest BCUT2D eigenvalue weighted by atomic mass is 10.2. The van der Waals surface area contributed by atoms with Crippen LogP contribution in [-0.4, -0.2) is 0 Å². The van der Waals surface area contributed by atoms with Crippen molar-refractivity contribution in [3.8, 4) is 0 Å². The summed E-state index contributed by atoms with van der Waals surface area (Å²) in [7, 11) is 0. The van der Waals surface area contributed by atoms with Gasteiger partial charge >= 0.3 is 0 Å². The molecule has 0 heterocycles. The molecular formula is C8H8. The average molecular weight is 105 g/mol. The number of hydrogen-bond donors (Lipinski definition) is 0. The van der Waals surface area contributed by atoms with Crippen LogP contribution in [0.15, 0.2) is 36.9 Å². The van der Waals surface area contributed by atoms with Crippen LogP contribution >= 0.6 is 0 Å². The first-order chi connectivity index (χ1) is 4.33. The zero-order chi connectivity index (χ0) is 6.69. The molecule has 0 heteroatoms. The molecule has 0 bridgehead atoms. The van der Waals surface area contributed by atoms with Gasteiger partial charge in [0.05, 0.1) is 1.37 Å². The molecule has 0 spiro atoms. The van der Waals surface area contributed by atoms with Crippen LogP contribution in [0.2, 0.25) is 0 Å². The minimum Gasteiger partial charge on any atom is -0.0985 e. The zero-order valence-corrected chi connectivity index (χ0v) is 4.59. The minimum absolute atomic E-state index is 0.542. The summed E-state index contributed by atoms with van der Waals surface area (Å²) < 4.78 is 7.13. The van der Waals surface area contributed by atoms with Gasteiger partial charge in [0.1, 0.15) is 0 Å². The SMILES string of the molecule is [2H]c1ccc(C=C)cc1. The molecule has 0 aliphatic rings. The van der Waals surface area contributed by atoms with E-state index in [0.29, 0.717) is 6.04 Å². The third-order valence-corrected chi connectivity index (χ3v) is 0.980. The molecule has 0 radical (unpaired) electrons. The highest BCUT2D eigenvalue weighted by Gasteiger charge is 1.75. The van der Waals surface area contributed by atoms with E-state index in [-0.39, 0.29) is 0 Å². The van der Waals surface area contributed by atoms with E-state index in [1.165, 1.54) is 0 Å². The number of hydrogen-bond acceptors (Lipinski definition) is 0. The van der Waals surface area contributed by atoms with Crippen molar-refractivity contribution in [2.24, 2.45) is 0 Å². The second kappa shape index (κ2) is 2.31. The van der Waals surface area contributed by atoms with Crippen molar-refractivity contribution in [1.82, 2.24) is 0 Å². The Labute approximate surface area is 50.9 Å². The molecule has 0 amide bonds. The van der Waals surface area contributed by atoms with Gasteiger partial charge in [0.15, 0.2) is 0 Å². The van der Waals surface area contributed by atoms with Gasteiger partial charge < -0.3 is 0 Å². The second-order valence-electron chi connectivity index (χ2n) is 1.54. The van der Waals surface area contributed by atoms with Gasteiger partial charge in [-0.3, -0.25) is 0 Å². The van der Waals surface area contributed by atoms with E-state index in [4.69, 9.17) is 1.37 Å². The first-order valence-electron chi connectivity index (χ1n) is 3.02. The van der Waals surface area contributed by atoms with E-state index < -0.39 is 0 Å². The second-order valence-corrected chi connectivity index (χ2v) is 1.54. The fourth-order valence-electron chi connectivity index (χ4n) is 0.536. The lowest BCUT2D eigenvalue weighted by Gasteiger charge is -1.85. The average Bonchev–Trinajstić information content (AvgIpc) is 1.90. The first-order valence-corrected chi connectivity index (χ1v) is 2.52. The molecular weight excluding hydrogens is 96.1 g/mol. The van der Waals surface area contributed by atoms with E-state index in [0.717, 1.165) is 5.56 Å². The maximum Gasteiger partial charge on any atom is 0.0623 e. The summed E-state index contributed by atoms with van der Waals surface area (Å²) in [6, 6.07) is 7.78. The third-order valence-electron chi connectivity index (χ3n) is 0.980. The van der Waals surface area contributed by atoms with Gasteiger partial charge in [-0.1, -0.05) is 43.0 Å². The normalized spacial score (nSPS) is 10.2. The smallest absolute Gasteiger partial charge is 0.0623 e. The zero-order valence-electron chi connectivity index (χ0n) is 5.59. The van der Waals surface area contributed by atoms with E-state index in [1.807, 2.05) is 12.1 Å². The predicted molar refractivity (Wildman–Crippen MR) is 36.5 cm³/mol. The number of benzene rings is 1. The minimum atomic E-state index is 0.542. The van der Waals surface area contributed by atoms with Crippen LogP contribution in [0.4, 0.5) is 0 Å². The Bertz CT molecular complexity index is 198. The molecule has 0 N–H and O–H groups in total. The summed E-state index contributed by atoms with van der Waals surface area (Å²) in [6.07, 6.45) is 1.76. The highest BCUT2D eigenvalue weighted by Crippen LogP contribution is 1.97. The first kappa shape index (κ1) is 3.90. The maximum atomic E-state index is 7.13. The molecule has 0 atom stereocenters. The highest BCUT2D eigenvalue weighted by molar-refractivity contribution is 5.45. The molecule has 0 fully saturated rings. The third kappa shape index (κ3) is 0.969. The lowest BCUT2D eigenvalue weighted by Crippen LogP contribution is -1.63. The Morgan fingerprint density at radius 2 is 2.12 bits per heavy atom. The van der Waals surface area contributed by atoms with Gasteiger partial charge in [0, 0.05) is 0 Å². The molecule has 0 saturated carbocycles. The van der Waals surface area contributed by atoms with Gasteiger partial charge in [0.2, 0.25) is 0 Å². The van der Waals surface area contributed by atoms with E-state index in [1.54, 1.807) is 18.2 Å². The molecule has 1 rings (SSSR count). The van der Waals surface area contributed by atoms with E-state index in [9.17, 15) is 0 Å². The van der Waals surface area contributed by atoms with Crippen molar-refractivity contribution >= 4 is 6.08 Å². The fraction of sp³-hybridized carbons (Fsp3) is 0. The predicted octanol–water partition coefficient (Wildman–Crippen LogP) is 2.33. The van der Waals surface area contributed by atoms with Crippen molar-refractivity contribution in [3.63, 3.8) is 0 Å². The van der Waals surface area contributed by atoms with Gasteiger partial charge in [0.25, 0.3) is 0 Å². The van der Waals surface area contributed by atoms with Gasteiger partial charge in [-0.2, -0.15) is 0 Å². The maximum absolute atomic E-state index is 7.13. The van der Waals surface area contributed by atoms with Crippen LogP contribution in [0.25, 0.3) is 6.08 Å². The Hall–Kier alpha value is -1.04. The number of rotatable bonds is 1. The van der Waals surface area contributed by atoms with Crippen molar-refractivity contribution in [2.75, 3.05) is 0 Å². The molecule has 0 aliphatic carbocycles. The Morgan fingerprint density at radius 1 is 1.50 bits per heavy atom. The lowest BCUT2D eigenvalue weighted by molar-refractivity contribution is 1.67. The van der Waals surface area contributed by atoms with Crippen LogP contribution < -0.4 is 0 Å². The molecule has 1 aromatic carbocycles. The summed E-state index contributed by atoms with van der Waals surface area (Å²) in [5.74, 6) is 0. The fourth-order valence-corrected chi connectivity index (χ4v) is 0.536. The molecule has 1 aromatic rings. The summed E-state index contributed by atoms with van der Waals surface area (Å²) in [5.41, 5.74) is 1.06. The molecule has 0 unspecified atom stereocenters. The van der Waals surface area contributed by atoms with Gasteiger partial charge in [-0.05, 0) is 5.56 Å².